The molecule has 0 amide bonds. The zero-order valence-electron chi connectivity index (χ0n) is 10.4. The third-order valence-corrected chi connectivity index (χ3v) is 5.04. The molecular weight excluding hydrogens is 306 g/mol. The molecule has 2 heterocycles. The van der Waals surface area contributed by atoms with Gasteiger partial charge in [0.05, 0.1) is 10.5 Å². The van der Waals surface area contributed by atoms with Crippen LogP contribution >= 0.6 is 22.9 Å². The van der Waals surface area contributed by atoms with E-state index in [0.29, 0.717) is 4.34 Å². The van der Waals surface area contributed by atoms with Crippen LogP contribution < -0.4 is 5.73 Å². The number of halogens is 1. The highest BCUT2D eigenvalue weighted by atomic mass is 35.5. The number of thiophene rings is 1. The van der Waals surface area contributed by atoms with E-state index in [0.717, 1.165) is 11.1 Å². The normalized spacial score (nSPS) is 15.4. The fraction of sp³-hybridized carbons (Fsp3) is 0.364. The Morgan fingerprint density at radius 2 is 2.16 bits per heavy atom. The van der Waals surface area contributed by atoms with E-state index in [9.17, 15) is 8.42 Å². The Bertz CT molecular complexity index is 676. The van der Waals surface area contributed by atoms with Crippen LogP contribution in [0.15, 0.2) is 29.4 Å². The van der Waals surface area contributed by atoms with Gasteiger partial charge in [-0.15, -0.1) is 11.3 Å². The summed E-state index contributed by atoms with van der Waals surface area (Å²) in [7, 11) is -3.26. The van der Waals surface area contributed by atoms with Crippen molar-refractivity contribution in [2.75, 3.05) is 6.26 Å². The average molecular weight is 320 g/mol. The van der Waals surface area contributed by atoms with Gasteiger partial charge in [-0.1, -0.05) is 11.6 Å². The van der Waals surface area contributed by atoms with Gasteiger partial charge in [-0.3, -0.25) is 4.68 Å². The minimum Gasteiger partial charge on any atom is -0.326 e. The number of sulfone groups is 1. The average Bonchev–Trinajstić information content (AvgIpc) is 2.87. The number of nitrogens with zero attached hydrogens (tertiary/aromatic N) is 2. The summed E-state index contributed by atoms with van der Waals surface area (Å²) < 4.78 is 25.2. The molecule has 0 radical (unpaired) electrons. The molecule has 2 N–H and O–H groups in total. The van der Waals surface area contributed by atoms with E-state index in [2.05, 4.69) is 5.10 Å². The Morgan fingerprint density at radius 1 is 1.47 bits per heavy atom. The van der Waals surface area contributed by atoms with Gasteiger partial charge in [0.15, 0.2) is 9.84 Å². The third kappa shape index (κ3) is 3.17. The second-order valence-electron chi connectivity index (χ2n) is 4.37. The van der Waals surface area contributed by atoms with Gasteiger partial charge in [-0.2, -0.15) is 5.10 Å². The Hall–Kier alpha value is -0.890. The van der Waals surface area contributed by atoms with Gasteiger partial charge in [0.25, 0.3) is 0 Å². The van der Waals surface area contributed by atoms with Crippen LogP contribution in [0.3, 0.4) is 0 Å². The fourth-order valence-electron chi connectivity index (χ4n) is 1.78. The summed E-state index contributed by atoms with van der Waals surface area (Å²) in [5, 5.41) is 4.11. The Kier molecular flexibility index (Phi) is 4.00. The molecule has 2 rings (SSSR count). The van der Waals surface area contributed by atoms with Crippen molar-refractivity contribution in [3.8, 4) is 0 Å². The molecule has 2 aromatic heterocycles. The lowest BCUT2D eigenvalue weighted by atomic mass is 10.1. The van der Waals surface area contributed by atoms with Crippen molar-refractivity contribution in [2.45, 2.75) is 23.9 Å². The molecule has 0 aromatic carbocycles. The molecule has 2 unspecified atom stereocenters. The topological polar surface area (TPSA) is 78.0 Å². The molecule has 2 atom stereocenters. The second-order valence-corrected chi connectivity index (χ2v) is 8.14. The van der Waals surface area contributed by atoms with Crippen LogP contribution in [0.2, 0.25) is 4.34 Å². The van der Waals surface area contributed by atoms with E-state index in [1.54, 1.807) is 10.7 Å². The zero-order chi connectivity index (χ0) is 14.2. The first-order chi connectivity index (χ1) is 8.79. The minimum absolute atomic E-state index is 0.181. The van der Waals surface area contributed by atoms with Gasteiger partial charge in [-0.25, -0.2) is 8.42 Å². The van der Waals surface area contributed by atoms with Crippen LogP contribution in [0.25, 0.3) is 0 Å². The molecule has 0 aliphatic carbocycles. The van der Waals surface area contributed by atoms with Crippen LogP contribution in [0.4, 0.5) is 0 Å². The zero-order valence-corrected chi connectivity index (χ0v) is 12.8. The first-order valence-electron chi connectivity index (χ1n) is 5.54. The first kappa shape index (κ1) is 14.5. The molecule has 0 saturated heterocycles. The molecule has 0 aliphatic rings. The summed E-state index contributed by atoms with van der Waals surface area (Å²) in [5.74, 6) is 0. The van der Waals surface area contributed by atoms with E-state index in [1.807, 2.05) is 13.0 Å². The van der Waals surface area contributed by atoms with Gasteiger partial charge < -0.3 is 5.73 Å². The monoisotopic (exact) mass is 319 g/mol. The SMILES string of the molecule is CC(N)C(c1ccc(Cl)s1)n1cc(S(C)(=O)=O)cn1. The summed E-state index contributed by atoms with van der Waals surface area (Å²) in [4.78, 5) is 1.13. The minimum atomic E-state index is -3.26. The highest BCUT2D eigenvalue weighted by Crippen LogP contribution is 2.31. The second kappa shape index (κ2) is 5.24. The summed E-state index contributed by atoms with van der Waals surface area (Å²) in [6, 6.07) is 3.22. The smallest absolute Gasteiger partial charge is 0.178 e. The van der Waals surface area contributed by atoms with Gasteiger partial charge >= 0.3 is 0 Å². The molecular formula is C11H14ClN3O2S2. The van der Waals surface area contributed by atoms with Gasteiger partial charge in [0, 0.05) is 23.4 Å². The van der Waals surface area contributed by atoms with Crippen molar-refractivity contribution in [2.24, 2.45) is 5.73 Å². The van der Waals surface area contributed by atoms with Crippen molar-refractivity contribution in [3.05, 3.63) is 33.7 Å². The van der Waals surface area contributed by atoms with Crippen molar-refractivity contribution in [1.82, 2.24) is 9.78 Å². The van der Waals surface area contributed by atoms with E-state index in [-0.39, 0.29) is 17.0 Å². The Labute approximate surface area is 120 Å². The third-order valence-electron chi connectivity index (χ3n) is 2.67. The standard InChI is InChI=1S/C11H14ClN3O2S2/c1-7(13)11(9-3-4-10(12)18-9)15-6-8(5-14-15)19(2,16)17/h3-7,11H,13H2,1-2H3. The lowest BCUT2D eigenvalue weighted by Crippen LogP contribution is -2.30. The van der Waals surface area contributed by atoms with Crippen LogP contribution in [0.1, 0.15) is 17.8 Å². The largest absolute Gasteiger partial charge is 0.326 e. The molecule has 5 nitrogen and oxygen atoms in total. The molecule has 0 bridgehead atoms. The van der Waals surface area contributed by atoms with Crippen molar-refractivity contribution >= 4 is 32.8 Å². The number of hydrogen-bond acceptors (Lipinski definition) is 5. The molecule has 0 aliphatic heterocycles. The predicted molar refractivity (Wildman–Crippen MR) is 76.5 cm³/mol. The summed E-state index contributed by atoms with van der Waals surface area (Å²) in [6.07, 6.45) is 3.98. The lowest BCUT2D eigenvalue weighted by Gasteiger charge is -2.19. The number of nitrogens with two attached hydrogens (primary N) is 1. The number of rotatable bonds is 4. The quantitative estimate of drug-likeness (QED) is 0.934. The van der Waals surface area contributed by atoms with E-state index in [4.69, 9.17) is 17.3 Å². The molecule has 104 valence electrons. The van der Waals surface area contributed by atoms with E-state index < -0.39 is 9.84 Å². The van der Waals surface area contributed by atoms with Crippen molar-refractivity contribution in [3.63, 3.8) is 0 Å². The molecule has 19 heavy (non-hydrogen) atoms. The highest BCUT2D eigenvalue weighted by molar-refractivity contribution is 7.90. The van der Waals surface area contributed by atoms with Gasteiger partial charge in [0.1, 0.15) is 10.9 Å². The predicted octanol–water partition coefficient (Wildman–Crippen LogP) is 1.94. The first-order valence-corrected chi connectivity index (χ1v) is 8.62. The summed E-state index contributed by atoms with van der Waals surface area (Å²) in [6.45, 7) is 1.85. The van der Waals surface area contributed by atoms with Gasteiger partial charge in [-0.05, 0) is 19.1 Å². The maximum Gasteiger partial charge on any atom is 0.178 e. The van der Waals surface area contributed by atoms with E-state index >= 15 is 0 Å². The van der Waals surface area contributed by atoms with Crippen LogP contribution in [-0.2, 0) is 9.84 Å². The molecule has 0 saturated carbocycles. The fourth-order valence-corrected chi connectivity index (χ4v) is 3.59. The molecule has 0 spiro atoms. The van der Waals surface area contributed by atoms with Gasteiger partial charge in [0.2, 0.25) is 0 Å². The number of hydrogen-bond donors (Lipinski definition) is 1. The Balaban J connectivity index is 2.43. The molecule has 8 heteroatoms. The Morgan fingerprint density at radius 3 is 2.58 bits per heavy atom. The van der Waals surface area contributed by atoms with E-state index in [1.165, 1.54) is 23.7 Å². The van der Waals surface area contributed by atoms with Crippen molar-refractivity contribution in [1.29, 1.82) is 0 Å². The molecule has 2 aromatic rings. The van der Waals surface area contributed by atoms with Crippen molar-refractivity contribution < 1.29 is 8.42 Å². The maximum absolute atomic E-state index is 11.5. The summed E-state index contributed by atoms with van der Waals surface area (Å²) in [5.41, 5.74) is 5.98. The van der Waals surface area contributed by atoms with Crippen LogP contribution in [-0.4, -0.2) is 30.5 Å². The van der Waals surface area contributed by atoms with Crippen LogP contribution in [0, 0.1) is 0 Å². The molecule has 0 fully saturated rings. The summed E-state index contributed by atoms with van der Waals surface area (Å²) >= 11 is 7.34. The lowest BCUT2D eigenvalue weighted by molar-refractivity contribution is 0.459. The highest BCUT2D eigenvalue weighted by Gasteiger charge is 2.22. The van der Waals surface area contributed by atoms with Crippen LogP contribution in [0.5, 0.6) is 0 Å². The maximum atomic E-state index is 11.5. The number of aromatic nitrogens is 2.